The molecule has 0 aliphatic rings. The van der Waals surface area contributed by atoms with Crippen LogP contribution in [0.1, 0.15) is 0 Å². The Hall–Kier alpha value is -2.77. The molecule has 0 fully saturated rings. The summed E-state index contributed by atoms with van der Waals surface area (Å²) in [6.45, 7) is 0.915. The fraction of sp³-hybridized carbons (Fsp3) is 0.167. The van der Waals surface area contributed by atoms with E-state index in [0.717, 1.165) is 10.1 Å². The van der Waals surface area contributed by atoms with Crippen LogP contribution in [0.3, 0.4) is 0 Å². The number of ether oxygens (including phenoxy) is 2. The molecule has 0 amide bonds. The predicted molar refractivity (Wildman–Crippen MR) is 98.3 cm³/mol. The first-order valence-electron chi connectivity index (χ1n) is 7.74. The Balaban J connectivity index is 1.73. The van der Waals surface area contributed by atoms with Gasteiger partial charge in [-0.05, 0) is 35.7 Å². The first-order chi connectivity index (χ1) is 12.2. The summed E-state index contributed by atoms with van der Waals surface area (Å²) in [4.78, 5) is 24.2. The zero-order chi connectivity index (χ0) is 17.2. The summed E-state index contributed by atoms with van der Waals surface area (Å²) in [5.41, 5.74) is 1.03. The number of hydrogen-bond acceptors (Lipinski definition) is 6. The van der Waals surface area contributed by atoms with E-state index in [-0.39, 0.29) is 5.56 Å². The smallest absolute Gasteiger partial charge is 0.259 e. The number of hydrogen-bond donors (Lipinski definition) is 1. The molecule has 4 aromatic rings. The van der Waals surface area contributed by atoms with Crippen LogP contribution in [0.5, 0.6) is 5.75 Å². The number of fused-ring (bicyclic) bond motifs is 2. The summed E-state index contributed by atoms with van der Waals surface area (Å²) in [6.07, 6.45) is 1.79. The number of rotatable bonds is 5. The average molecular weight is 353 g/mol. The number of pyridine rings is 1. The first-order valence-corrected chi connectivity index (χ1v) is 8.62. The highest BCUT2D eigenvalue weighted by atomic mass is 32.1. The van der Waals surface area contributed by atoms with Crippen LogP contribution >= 0.6 is 11.3 Å². The van der Waals surface area contributed by atoms with E-state index in [1.165, 1.54) is 0 Å². The van der Waals surface area contributed by atoms with Gasteiger partial charge in [0.2, 0.25) is 0 Å². The van der Waals surface area contributed by atoms with Gasteiger partial charge in [0.15, 0.2) is 5.82 Å². The average Bonchev–Trinajstić information content (AvgIpc) is 3.10. The van der Waals surface area contributed by atoms with Gasteiger partial charge in [-0.3, -0.25) is 9.78 Å². The number of nitrogens with one attached hydrogen (secondary N) is 1. The molecule has 3 aromatic heterocycles. The minimum Gasteiger partial charge on any atom is -0.491 e. The fourth-order valence-corrected chi connectivity index (χ4v) is 3.35. The van der Waals surface area contributed by atoms with Crippen molar-refractivity contribution in [1.29, 1.82) is 0 Å². The molecule has 0 radical (unpaired) electrons. The molecule has 126 valence electrons. The van der Waals surface area contributed by atoms with E-state index in [2.05, 4.69) is 15.0 Å². The lowest BCUT2D eigenvalue weighted by Crippen LogP contribution is -2.11. The second kappa shape index (κ2) is 6.62. The van der Waals surface area contributed by atoms with Gasteiger partial charge in [0.25, 0.3) is 5.56 Å². The molecular weight excluding hydrogens is 338 g/mol. The van der Waals surface area contributed by atoms with E-state index in [4.69, 9.17) is 9.47 Å². The lowest BCUT2D eigenvalue weighted by molar-refractivity contribution is 0.146. The molecule has 1 N–H and O–H groups in total. The van der Waals surface area contributed by atoms with Crippen LogP contribution in [0.4, 0.5) is 0 Å². The van der Waals surface area contributed by atoms with Crippen LogP contribution in [0.25, 0.3) is 32.5 Å². The lowest BCUT2D eigenvalue weighted by Gasteiger charge is -2.07. The third-order valence-electron chi connectivity index (χ3n) is 3.81. The van der Waals surface area contributed by atoms with Gasteiger partial charge in [-0.1, -0.05) is 0 Å². The molecule has 3 heterocycles. The molecular formula is C18H15N3O3S. The standard InChI is InChI=1S/C18H15N3O3S/c1-23-5-6-24-12-2-3-14-13(8-12)18(22)21-17(20-14)15-9-16-11(10-19-15)4-7-25-16/h2-4,7-10H,5-6H2,1H3,(H,20,21,22). The molecule has 0 spiro atoms. The summed E-state index contributed by atoms with van der Waals surface area (Å²) in [7, 11) is 1.61. The monoisotopic (exact) mass is 353 g/mol. The van der Waals surface area contributed by atoms with Crippen LogP contribution in [0.2, 0.25) is 0 Å². The molecule has 0 unspecified atom stereocenters. The van der Waals surface area contributed by atoms with Crippen LogP contribution < -0.4 is 10.3 Å². The van der Waals surface area contributed by atoms with Gasteiger partial charge in [-0.25, -0.2) is 4.98 Å². The van der Waals surface area contributed by atoms with E-state index in [1.54, 1.807) is 42.8 Å². The summed E-state index contributed by atoms with van der Waals surface area (Å²) in [5.74, 6) is 1.07. The van der Waals surface area contributed by atoms with Gasteiger partial charge < -0.3 is 14.5 Å². The number of aromatic nitrogens is 3. The zero-order valence-electron chi connectivity index (χ0n) is 13.5. The van der Waals surface area contributed by atoms with E-state index in [1.807, 2.05) is 17.5 Å². The minimum atomic E-state index is -0.217. The van der Waals surface area contributed by atoms with Gasteiger partial charge in [0, 0.05) is 23.4 Å². The quantitative estimate of drug-likeness (QED) is 0.558. The topological polar surface area (TPSA) is 77.1 Å². The van der Waals surface area contributed by atoms with Gasteiger partial charge >= 0.3 is 0 Å². The normalized spacial score (nSPS) is 11.2. The Kier molecular flexibility index (Phi) is 4.17. The highest BCUT2D eigenvalue weighted by Crippen LogP contribution is 2.24. The third kappa shape index (κ3) is 3.11. The van der Waals surface area contributed by atoms with E-state index < -0.39 is 0 Å². The summed E-state index contributed by atoms with van der Waals surface area (Å²) in [5, 5.41) is 3.57. The Morgan fingerprint density at radius 3 is 3.00 bits per heavy atom. The van der Waals surface area contributed by atoms with E-state index in [0.29, 0.717) is 41.4 Å². The minimum absolute atomic E-state index is 0.217. The van der Waals surface area contributed by atoms with E-state index in [9.17, 15) is 4.79 Å². The van der Waals surface area contributed by atoms with Crippen molar-refractivity contribution in [3.8, 4) is 17.3 Å². The Morgan fingerprint density at radius 2 is 2.12 bits per heavy atom. The molecule has 0 saturated heterocycles. The number of thiophene rings is 1. The van der Waals surface area contributed by atoms with Crippen LogP contribution in [-0.2, 0) is 4.74 Å². The number of aromatic amines is 1. The van der Waals surface area contributed by atoms with Crippen molar-refractivity contribution in [2.24, 2.45) is 0 Å². The molecule has 25 heavy (non-hydrogen) atoms. The molecule has 4 rings (SSSR count). The lowest BCUT2D eigenvalue weighted by atomic mass is 10.2. The maximum Gasteiger partial charge on any atom is 0.259 e. The van der Waals surface area contributed by atoms with Crippen molar-refractivity contribution in [3.63, 3.8) is 0 Å². The predicted octanol–water partition coefficient (Wildman–Crippen LogP) is 3.23. The van der Waals surface area contributed by atoms with Crippen LogP contribution in [-0.4, -0.2) is 35.3 Å². The fourth-order valence-electron chi connectivity index (χ4n) is 2.56. The molecule has 0 bridgehead atoms. The summed E-state index contributed by atoms with van der Waals surface area (Å²) in [6, 6.07) is 9.21. The number of methoxy groups -OCH3 is 1. The Bertz CT molecular complexity index is 1100. The van der Waals surface area contributed by atoms with Gasteiger partial charge in [0.05, 0.1) is 17.5 Å². The van der Waals surface area contributed by atoms with Gasteiger partial charge in [-0.2, -0.15) is 0 Å². The first kappa shape index (κ1) is 15.7. The largest absolute Gasteiger partial charge is 0.491 e. The summed E-state index contributed by atoms with van der Waals surface area (Å²) < 4.78 is 11.6. The molecule has 0 atom stereocenters. The highest BCUT2D eigenvalue weighted by molar-refractivity contribution is 7.17. The molecule has 0 aliphatic carbocycles. The second-order valence-electron chi connectivity index (χ2n) is 5.46. The number of nitrogens with zero attached hydrogens (tertiary/aromatic N) is 2. The number of benzene rings is 1. The maximum atomic E-state index is 12.5. The third-order valence-corrected chi connectivity index (χ3v) is 4.69. The molecule has 0 aliphatic heterocycles. The Morgan fingerprint density at radius 1 is 1.20 bits per heavy atom. The van der Waals surface area contributed by atoms with Crippen molar-refractivity contribution >= 4 is 32.3 Å². The maximum absolute atomic E-state index is 12.5. The van der Waals surface area contributed by atoms with Gasteiger partial charge in [-0.15, -0.1) is 11.3 Å². The number of H-pyrrole nitrogens is 1. The van der Waals surface area contributed by atoms with Crippen LogP contribution in [0.15, 0.2) is 46.7 Å². The molecule has 1 aromatic carbocycles. The van der Waals surface area contributed by atoms with Gasteiger partial charge in [0.1, 0.15) is 18.1 Å². The summed E-state index contributed by atoms with van der Waals surface area (Å²) >= 11 is 1.63. The Labute approximate surface area is 147 Å². The van der Waals surface area contributed by atoms with Crippen molar-refractivity contribution in [2.45, 2.75) is 0 Å². The second-order valence-corrected chi connectivity index (χ2v) is 6.41. The molecule has 6 nitrogen and oxygen atoms in total. The van der Waals surface area contributed by atoms with Crippen molar-refractivity contribution in [3.05, 3.63) is 52.3 Å². The SMILES string of the molecule is COCCOc1ccc2nc(-c3cc4sccc4cn3)[nH]c(=O)c2c1. The van der Waals surface area contributed by atoms with E-state index >= 15 is 0 Å². The highest BCUT2D eigenvalue weighted by Gasteiger charge is 2.09. The van der Waals surface area contributed by atoms with Crippen molar-refractivity contribution in [1.82, 2.24) is 15.0 Å². The zero-order valence-corrected chi connectivity index (χ0v) is 14.3. The van der Waals surface area contributed by atoms with Crippen molar-refractivity contribution < 1.29 is 9.47 Å². The van der Waals surface area contributed by atoms with Crippen LogP contribution in [0, 0.1) is 0 Å². The molecule has 0 saturated carbocycles. The van der Waals surface area contributed by atoms with Crippen molar-refractivity contribution in [2.75, 3.05) is 20.3 Å². The molecule has 7 heteroatoms.